The number of hydrogen-bond donors (Lipinski definition) is 1. The van der Waals surface area contributed by atoms with Gasteiger partial charge in [0.1, 0.15) is 12.0 Å². The molecule has 1 N–H and O–H groups in total. The van der Waals surface area contributed by atoms with Crippen LogP contribution < -0.4 is 5.32 Å². The van der Waals surface area contributed by atoms with Gasteiger partial charge in [-0.15, -0.1) is 0 Å². The molecule has 14 heavy (non-hydrogen) atoms. The van der Waals surface area contributed by atoms with Gasteiger partial charge in [0, 0.05) is 17.3 Å². The molecule has 0 fully saturated rings. The number of halogens is 2. The lowest BCUT2D eigenvalue weighted by Crippen LogP contribution is -2.41. The van der Waals surface area contributed by atoms with E-state index in [9.17, 15) is 8.78 Å². The van der Waals surface area contributed by atoms with Crippen LogP contribution in [0.15, 0.2) is 18.5 Å². The summed E-state index contributed by atoms with van der Waals surface area (Å²) >= 11 is 0. The summed E-state index contributed by atoms with van der Waals surface area (Å²) in [5.74, 6) is -0.608. The molecular formula is C10H14F2N2. The number of alkyl halides is 1. The normalized spacial score (nSPS) is 14.1. The molecule has 78 valence electrons. The molecule has 0 aliphatic carbocycles. The highest BCUT2D eigenvalue weighted by atomic mass is 19.1. The maximum Gasteiger partial charge on any atom is 0.147 e. The van der Waals surface area contributed by atoms with Crippen LogP contribution in [-0.4, -0.2) is 17.6 Å². The van der Waals surface area contributed by atoms with Gasteiger partial charge in [0.2, 0.25) is 0 Å². The Labute approximate surface area is 82.4 Å². The molecule has 1 aromatic heterocycles. The van der Waals surface area contributed by atoms with Gasteiger partial charge in [-0.3, -0.25) is 4.98 Å². The molecule has 0 saturated carbocycles. The summed E-state index contributed by atoms with van der Waals surface area (Å²) in [6.45, 7) is 3.36. The molecule has 0 amide bonds. The van der Waals surface area contributed by atoms with Crippen LogP contribution >= 0.6 is 0 Å². The van der Waals surface area contributed by atoms with E-state index in [-0.39, 0.29) is 5.56 Å². The van der Waals surface area contributed by atoms with E-state index in [1.54, 1.807) is 20.9 Å². The Hall–Kier alpha value is -1.03. The predicted octanol–water partition coefficient (Wildman–Crippen LogP) is 2.23. The fourth-order valence-electron chi connectivity index (χ4n) is 1.11. The van der Waals surface area contributed by atoms with Gasteiger partial charge in [0.15, 0.2) is 0 Å². The van der Waals surface area contributed by atoms with E-state index >= 15 is 0 Å². The predicted molar refractivity (Wildman–Crippen MR) is 51.2 cm³/mol. The van der Waals surface area contributed by atoms with Crippen LogP contribution in [0.1, 0.15) is 25.6 Å². The van der Waals surface area contributed by atoms with Crippen molar-refractivity contribution in [3.05, 3.63) is 29.8 Å². The summed E-state index contributed by atoms with van der Waals surface area (Å²) in [5, 5.41) is 2.80. The number of aromatic nitrogens is 1. The highest BCUT2D eigenvalue weighted by molar-refractivity contribution is 5.19. The van der Waals surface area contributed by atoms with Crippen molar-refractivity contribution in [1.29, 1.82) is 0 Å². The number of rotatable bonds is 3. The van der Waals surface area contributed by atoms with Crippen molar-refractivity contribution < 1.29 is 8.78 Å². The Morgan fingerprint density at radius 2 is 2.14 bits per heavy atom. The maximum atomic E-state index is 13.8. The summed E-state index contributed by atoms with van der Waals surface area (Å²) in [5.41, 5.74) is -0.748. The Kier molecular flexibility index (Phi) is 3.16. The van der Waals surface area contributed by atoms with E-state index in [4.69, 9.17) is 0 Å². The van der Waals surface area contributed by atoms with E-state index in [1.807, 2.05) is 0 Å². The highest BCUT2D eigenvalue weighted by Crippen LogP contribution is 2.30. The second-order valence-corrected chi connectivity index (χ2v) is 3.73. The zero-order valence-corrected chi connectivity index (χ0v) is 8.51. The molecule has 0 bridgehead atoms. The minimum Gasteiger partial charge on any atom is -0.312 e. The minimum absolute atomic E-state index is 0.0411. The van der Waals surface area contributed by atoms with Crippen LogP contribution in [0.5, 0.6) is 0 Å². The first-order valence-electron chi connectivity index (χ1n) is 4.41. The van der Waals surface area contributed by atoms with Gasteiger partial charge < -0.3 is 5.32 Å². The third kappa shape index (κ3) is 2.07. The summed E-state index contributed by atoms with van der Waals surface area (Å²) in [7, 11) is 1.64. The van der Waals surface area contributed by atoms with Crippen molar-refractivity contribution in [2.45, 2.75) is 25.6 Å². The van der Waals surface area contributed by atoms with E-state index in [0.717, 1.165) is 6.20 Å². The van der Waals surface area contributed by atoms with Crippen molar-refractivity contribution >= 4 is 0 Å². The molecule has 1 rings (SSSR count). The van der Waals surface area contributed by atoms with Gasteiger partial charge >= 0.3 is 0 Å². The first-order chi connectivity index (χ1) is 6.49. The lowest BCUT2D eigenvalue weighted by atomic mass is 9.93. The van der Waals surface area contributed by atoms with Crippen LogP contribution in [0.25, 0.3) is 0 Å². The van der Waals surface area contributed by atoms with Gasteiger partial charge in [-0.05, 0) is 27.0 Å². The van der Waals surface area contributed by atoms with Gasteiger partial charge in [-0.2, -0.15) is 0 Å². The van der Waals surface area contributed by atoms with Crippen molar-refractivity contribution in [3.8, 4) is 0 Å². The molecular weight excluding hydrogens is 186 g/mol. The monoisotopic (exact) mass is 200 g/mol. The molecule has 1 atom stereocenters. The fraction of sp³-hybridized carbons (Fsp3) is 0.500. The van der Waals surface area contributed by atoms with Crippen LogP contribution in [0.2, 0.25) is 0 Å². The van der Waals surface area contributed by atoms with Crippen molar-refractivity contribution in [3.63, 3.8) is 0 Å². The van der Waals surface area contributed by atoms with Gasteiger partial charge in [0.25, 0.3) is 0 Å². The zero-order chi connectivity index (χ0) is 10.8. The molecule has 0 radical (unpaired) electrons. The fourth-order valence-corrected chi connectivity index (χ4v) is 1.11. The molecule has 0 saturated heterocycles. The molecule has 0 aromatic carbocycles. The third-order valence-electron chi connectivity index (χ3n) is 2.35. The molecule has 0 aliphatic rings. The SMILES string of the molecule is CNC(C)(C)C(F)c1ccncc1F. The molecule has 0 aliphatic heterocycles. The molecule has 2 nitrogen and oxygen atoms in total. The van der Waals surface area contributed by atoms with Gasteiger partial charge in [-0.25, -0.2) is 8.78 Å². The largest absolute Gasteiger partial charge is 0.312 e. The number of likely N-dealkylation sites (N-methyl/N-ethyl adjacent to an activating group) is 1. The summed E-state index contributed by atoms with van der Waals surface area (Å²) in [4.78, 5) is 3.57. The quantitative estimate of drug-likeness (QED) is 0.809. The van der Waals surface area contributed by atoms with Crippen LogP contribution in [-0.2, 0) is 0 Å². The van der Waals surface area contributed by atoms with E-state index < -0.39 is 17.5 Å². The first kappa shape index (κ1) is 11.0. The average Bonchev–Trinajstić information content (AvgIpc) is 2.17. The topological polar surface area (TPSA) is 24.9 Å². The summed E-state index contributed by atoms with van der Waals surface area (Å²) in [6.07, 6.45) is 1.01. The Bertz CT molecular complexity index is 313. The molecule has 4 heteroatoms. The number of pyridine rings is 1. The second-order valence-electron chi connectivity index (χ2n) is 3.73. The lowest BCUT2D eigenvalue weighted by Gasteiger charge is -2.28. The number of hydrogen-bond acceptors (Lipinski definition) is 2. The second kappa shape index (κ2) is 4.00. The van der Waals surface area contributed by atoms with E-state index in [2.05, 4.69) is 10.3 Å². The van der Waals surface area contributed by atoms with E-state index in [0.29, 0.717) is 0 Å². The summed E-state index contributed by atoms with van der Waals surface area (Å²) in [6, 6.07) is 1.36. The number of nitrogens with one attached hydrogen (secondary N) is 1. The molecule has 1 unspecified atom stereocenters. The molecule has 1 aromatic rings. The van der Waals surface area contributed by atoms with Crippen molar-refractivity contribution in [2.75, 3.05) is 7.05 Å². The summed E-state index contributed by atoms with van der Waals surface area (Å²) < 4.78 is 27.0. The minimum atomic E-state index is -1.39. The number of nitrogens with zero attached hydrogens (tertiary/aromatic N) is 1. The van der Waals surface area contributed by atoms with Crippen molar-refractivity contribution in [2.24, 2.45) is 0 Å². The Balaban J connectivity index is 3.00. The van der Waals surface area contributed by atoms with Crippen LogP contribution in [0, 0.1) is 5.82 Å². The van der Waals surface area contributed by atoms with Gasteiger partial charge in [-0.1, -0.05) is 0 Å². The van der Waals surface area contributed by atoms with Gasteiger partial charge in [0.05, 0.1) is 6.20 Å². The Morgan fingerprint density at radius 1 is 1.50 bits per heavy atom. The smallest absolute Gasteiger partial charge is 0.147 e. The molecule has 1 heterocycles. The van der Waals surface area contributed by atoms with Crippen molar-refractivity contribution in [1.82, 2.24) is 10.3 Å². The highest BCUT2D eigenvalue weighted by Gasteiger charge is 2.31. The molecule has 0 spiro atoms. The third-order valence-corrected chi connectivity index (χ3v) is 2.35. The zero-order valence-electron chi connectivity index (χ0n) is 8.51. The van der Waals surface area contributed by atoms with E-state index in [1.165, 1.54) is 12.3 Å². The van der Waals surface area contributed by atoms with Crippen LogP contribution in [0.3, 0.4) is 0 Å². The lowest BCUT2D eigenvalue weighted by molar-refractivity contribution is 0.186. The average molecular weight is 200 g/mol. The Morgan fingerprint density at radius 3 is 2.64 bits per heavy atom. The standard InChI is InChI=1S/C10H14F2N2/c1-10(2,13-3)9(12)7-4-5-14-6-8(7)11/h4-6,9,13H,1-3H3. The van der Waals surface area contributed by atoms with Crippen LogP contribution in [0.4, 0.5) is 8.78 Å². The maximum absolute atomic E-state index is 13.8. The first-order valence-corrected chi connectivity index (χ1v) is 4.41.